The summed E-state index contributed by atoms with van der Waals surface area (Å²) < 4.78 is 6.07. The van der Waals surface area contributed by atoms with Crippen molar-refractivity contribution in [1.29, 1.82) is 0 Å². The Balaban J connectivity index is 4.86. The third-order valence-electron chi connectivity index (χ3n) is 4.53. The number of carbonyl (C=O) groups excluding carboxylic acids is 2. The Morgan fingerprint density at radius 2 is 1.10 bits per heavy atom. The van der Waals surface area contributed by atoms with Crippen molar-refractivity contribution in [2.24, 2.45) is 22.7 Å². The van der Waals surface area contributed by atoms with Crippen molar-refractivity contribution in [2.75, 3.05) is 39.4 Å². The van der Waals surface area contributed by atoms with Gasteiger partial charge in [-0.15, -0.1) is 13.2 Å². The second-order valence-corrected chi connectivity index (χ2v) is 10.1. The quantitative estimate of drug-likeness (QED) is 0.400. The highest BCUT2D eigenvalue weighted by atomic mass is 16.5. The van der Waals surface area contributed by atoms with Gasteiger partial charge < -0.3 is 14.5 Å². The van der Waals surface area contributed by atoms with Crippen molar-refractivity contribution in [2.45, 2.75) is 55.4 Å². The molecule has 0 radical (unpaired) electrons. The molecule has 0 aliphatic heterocycles. The van der Waals surface area contributed by atoms with E-state index in [4.69, 9.17) is 4.74 Å². The first-order valence-electron chi connectivity index (χ1n) is 10.6. The van der Waals surface area contributed by atoms with Crippen LogP contribution >= 0.6 is 0 Å². The van der Waals surface area contributed by atoms with Gasteiger partial charge in [-0.1, -0.05) is 67.5 Å². The molecular formula is C24H44N2O3. The van der Waals surface area contributed by atoms with Crippen molar-refractivity contribution in [3.05, 3.63) is 25.3 Å². The summed E-state index contributed by atoms with van der Waals surface area (Å²) in [4.78, 5) is 28.6. The van der Waals surface area contributed by atoms with Gasteiger partial charge in [-0.2, -0.15) is 0 Å². The van der Waals surface area contributed by atoms with Crippen LogP contribution < -0.4 is 0 Å². The van der Waals surface area contributed by atoms with Gasteiger partial charge in [0.1, 0.15) is 0 Å². The average molecular weight is 409 g/mol. The predicted octanol–water partition coefficient (Wildman–Crippen LogP) is 4.40. The van der Waals surface area contributed by atoms with Gasteiger partial charge in [-0.25, -0.2) is 0 Å². The van der Waals surface area contributed by atoms with Gasteiger partial charge in [0.2, 0.25) is 11.8 Å². The standard InChI is InChI=1S/C24H44N2O3/c1-11-13-25(21(27)19(3)4)15-23(7,8)17-29-18-24(9,10)16-26(14-12-2)22(28)20(5)6/h11-12,19-20H,1-2,13-18H2,3-10H3. The number of hydrogen-bond acceptors (Lipinski definition) is 3. The Hall–Kier alpha value is -1.62. The molecule has 0 aliphatic carbocycles. The highest BCUT2D eigenvalue weighted by Crippen LogP contribution is 2.23. The van der Waals surface area contributed by atoms with Crippen LogP contribution in [0.2, 0.25) is 0 Å². The maximum absolute atomic E-state index is 12.4. The molecular weight excluding hydrogens is 364 g/mol. The fourth-order valence-electron chi connectivity index (χ4n) is 3.24. The maximum Gasteiger partial charge on any atom is 0.225 e. The first kappa shape index (κ1) is 27.4. The summed E-state index contributed by atoms with van der Waals surface area (Å²) in [5.74, 6) is 0.177. The van der Waals surface area contributed by atoms with E-state index in [0.29, 0.717) is 39.4 Å². The molecule has 0 spiro atoms. The number of nitrogens with zero attached hydrogens (tertiary/aromatic N) is 2. The van der Waals surface area contributed by atoms with Crippen LogP contribution in [0.3, 0.4) is 0 Å². The van der Waals surface area contributed by atoms with Gasteiger partial charge >= 0.3 is 0 Å². The van der Waals surface area contributed by atoms with E-state index in [9.17, 15) is 9.59 Å². The molecule has 0 unspecified atom stereocenters. The minimum Gasteiger partial charge on any atom is -0.380 e. The van der Waals surface area contributed by atoms with Gasteiger partial charge in [0.05, 0.1) is 13.2 Å². The zero-order chi connectivity index (χ0) is 22.8. The Kier molecular flexibility index (Phi) is 11.5. The fraction of sp³-hybridized carbons (Fsp3) is 0.750. The van der Waals surface area contributed by atoms with Crippen LogP contribution in [0.5, 0.6) is 0 Å². The van der Waals surface area contributed by atoms with Gasteiger partial charge in [-0.05, 0) is 0 Å². The molecule has 0 aromatic carbocycles. The molecule has 0 rings (SSSR count). The van der Waals surface area contributed by atoms with Crippen LogP contribution in [0.25, 0.3) is 0 Å². The molecule has 0 heterocycles. The summed E-state index contributed by atoms with van der Waals surface area (Å²) in [6.07, 6.45) is 3.53. The molecule has 0 fully saturated rings. The van der Waals surface area contributed by atoms with Crippen molar-refractivity contribution >= 4 is 11.8 Å². The lowest BCUT2D eigenvalue weighted by Crippen LogP contribution is -2.44. The van der Waals surface area contributed by atoms with Crippen LogP contribution in [0.4, 0.5) is 0 Å². The molecule has 0 saturated carbocycles. The molecule has 29 heavy (non-hydrogen) atoms. The third-order valence-corrected chi connectivity index (χ3v) is 4.53. The Bertz CT molecular complexity index is 502. The highest BCUT2D eigenvalue weighted by Gasteiger charge is 2.29. The normalized spacial score (nSPS) is 12.2. The molecule has 0 saturated heterocycles. The molecule has 5 nitrogen and oxygen atoms in total. The first-order chi connectivity index (χ1) is 13.3. The number of hydrogen-bond donors (Lipinski definition) is 0. The summed E-state index contributed by atoms with van der Waals surface area (Å²) in [6, 6.07) is 0. The van der Waals surface area contributed by atoms with E-state index < -0.39 is 0 Å². The molecule has 5 heteroatoms. The molecule has 0 aromatic heterocycles. The topological polar surface area (TPSA) is 49.9 Å². The summed E-state index contributed by atoms with van der Waals surface area (Å²) in [5.41, 5.74) is -0.365. The first-order valence-corrected chi connectivity index (χ1v) is 10.6. The second kappa shape index (κ2) is 12.2. The maximum atomic E-state index is 12.4. The van der Waals surface area contributed by atoms with Crippen LogP contribution in [-0.2, 0) is 14.3 Å². The number of carbonyl (C=O) groups is 2. The summed E-state index contributed by atoms with van der Waals surface area (Å²) in [7, 11) is 0. The van der Waals surface area contributed by atoms with E-state index >= 15 is 0 Å². The van der Waals surface area contributed by atoms with Crippen LogP contribution in [0.15, 0.2) is 25.3 Å². The van der Waals surface area contributed by atoms with Crippen molar-refractivity contribution in [1.82, 2.24) is 9.80 Å². The largest absolute Gasteiger partial charge is 0.380 e. The fourth-order valence-corrected chi connectivity index (χ4v) is 3.24. The van der Waals surface area contributed by atoms with Gasteiger partial charge in [0.25, 0.3) is 0 Å². The lowest BCUT2D eigenvalue weighted by molar-refractivity contribution is -0.136. The summed E-state index contributed by atoms with van der Waals surface area (Å²) in [6.45, 7) is 27.0. The molecule has 0 N–H and O–H groups in total. The van der Waals surface area contributed by atoms with Gasteiger partial charge in [0.15, 0.2) is 0 Å². The molecule has 0 aliphatic rings. The van der Waals surface area contributed by atoms with Crippen LogP contribution in [0, 0.1) is 22.7 Å². The Morgan fingerprint density at radius 1 is 0.793 bits per heavy atom. The minimum atomic E-state index is -0.182. The van der Waals surface area contributed by atoms with E-state index in [-0.39, 0.29) is 34.5 Å². The minimum absolute atomic E-state index is 0.0417. The second-order valence-electron chi connectivity index (χ2n) is 10.1. The zero-order valence-corrected chi connectivity index (χ0v) is 20.1. The molecule has 0 bridgehead atoms. The lowest BCUT2D eigenvalue weighted by atomic mass is 9.91. The van der Waals surface area contributed by atoms with E-state index in [1.165, 1.54) is 0 Å². The smallest absolute Gasteiger partial charge is 0.225 e. The monoisotopic (exact) mass is 408 g/mol. The van der Waals surface area contributed by atoms with Crippen molar-refractivity contribution in [3.63, 3.8) is 0 Å². The molecule has 0 aromatic rings. The Morgan fingerprint density at radius 3 is 1.34 bits per heavy atom. The van der Waals surface area contributed by atoms with Crippen LogP contribution in [0.1, 0.15) is 55.4 Å². The average Bonchev–Trinajstić information content (AvgIpc) is 2.58. The van der Waals surface area contributed by atoms with Crippen molar-refractivity contribution in [3.8, 4) is 0 Å². The summed E-state index contributed by atoms with van der Waals surface area (Å²) in [5, 5.41) is 0. The molecule has 0 atom stereocenters. The lowest BCUT2D eigenvalue weighted by Gasteiger charge is -2.36. The van der Waals surface area contributed by atoms with Gasteiger partial charge in [-0.3, -0.25) is 9.59 Å². The molecule has 2 amide bonds. The predicted molar refractivity (Wildman–Crippen MR) is 122 cm³/mol. The van der Waals surface area contributed by atoms with E-state index in [0.717, 1.165) is 0 Å². The SMILES string of the molecule is C=CCN(CC(C)(C)COCC(C)(C)CN(CC=C)C(=O)C(C)C)C(=O)C(C)C. The van der Waals surface area contributed by atoms with Crippen molar-refractivity contribution < 1.29 is 14.3 Å². The summed E-state index contributed by atoms with van der Waals surface area (Å²) >= 11 is 0. The Labute approximate surface area is 179 Å². The van der Waals surface area contributed by atoms with Gasteiger partial charge in [0, 0.05) is 48.8 Å². The zero-order valence-electron chi connectivity index (χ0n) is 20.1. The number of ether oxygens (including phenoxy) is 1. The van der Waals surface area contributed by atoms with E-state index in [2.05, 4.69) is 40.9 Å². The third kappa shape index (κ3) is 10.6. The molecule has 168 valence electrons. The highest BCUT2D eigenvalue weighted by molar-refractivity contribution is 5.78. The number of rotatable bonds is 14. The van der Waals surface area contributed by atoms with Crippen LogP contribution in [-0.4, -0.2) is 61.0 Å². The van der Waals surface area contributed by atoms with E-state index in [1.54, 1.807) is 12.2 Å². The number of amides is 2. The van der Waals surface area contributed by atoms with E-state index in [1.807, 2.05) is 37.5 Å².